The number of rotatable bonds is 4. The van der Waals surface area contributed by atoms with Gasteiger partial charge in [0, 0.05) is 40.6 Å². The van der Waals surface area contributed by atoms with E-state index in [2.05, 4.69) is 94.5 Å². The molecule has 0 aliphatic rings. The van der Waals surface area contributed by atoms with Crippen molar-refractivity contribution in [2.45, 2.75) is 7.43 Å². The van der Waals surface area contributed by atoms with E-state index in [9.17, 15) is 0 Å². The summed E-state index contributed by atoms with van der Waals surface area (Å²) >= 11 is 8.72. The predicted octanol–water partition coefficient (Wildman–Crippen LogP) is 3.77. The van der Waals surface area contributed by atoms with Crippen LogP contribution in [-0.4, -0.2) is 55.8 Å². The zero-order valence-electron chi connectivity index (χ0n) is 20.3. The number of halogens is 3. The minimum atomic E-state index is 0. The Morgan fingerprint density at radius 2 is 1.10 bits per heavy atom. The minimum absolute atomic E-state index is 0. The second-order valence-corrected chi connectivity index (χ2v) is 7.78. The van der Waals surface area contributed by atoms with Gasteiger partial charge in [-0.15, -0.1) is 0 Å². The molecule has 15 heteroatoms. The standard InChI is InChI=1S/C12H8BrN5.C12H9N5.CH4.Br2.Na.H2O/c13-12-16-11(17-18-12)10-6-3-5-9(15-10)8-4-1-2-7-14-8;1-2-7-13-9(4-1)10-5-3-6-11(16-10)12-14-8-15-17-12;;1-2;;/h1-7H,(H,16,17,18);1-8H,(H,14,15,17);1H4;;;1H2/q;;;;+1;/p-1. The molecule has 0 saturated heterocycles. The van der Waals surface area contributed by atoms with Gasteiger partial charge in [-0.1, -0.05) is 31.7 Å². The maximum atomic E-state index is 4.50. The number of nitrogens with one attached hydrogen (secondary N) is 2. The van der Waals surface area contributed by atoms with Crippen molar-refractivity contribution < 1.29 is 35.0 Å². The van der Waals surface area contributed by atoms with E-state index in [1.807, 2.05) is 72.8 Å². The summed E-state index contributed by atoms with van der Waals surface area (Å²) in [4.78, 5) is 25.8. The number of hydrogen-bond acceptors (Lipinski definition) is 9. The summed E-state index contributed by atoms with van der Waals surface area (Å²) in [6.07, 6.45) is 4.95. The molecule has 200 valence electrons. The third-order valence-corrected chi connectivity index (χ3v) is 5.05. The summed E-state index contributed by atoms with van der Waals surface area (Å²) in [6, 6.07) is 22.9. The Kier molecular flexibility index (Phi) is 16.4. The first-order valence-electron chi connectivity index (χ1n) is 10.6. The third kappa shape index (κ3) is 9.73. The van der Waals surface area contributed by atoms with Crippen molar-refractivity contribution in [1.82, 2.24) is 50.3 Å². The molecule has 0 fully saturated rings. The molecule has 0 atom stereocenters. The van der Waals surface area contributed by atoms with Gasteiger partial charge in [0.1, 0.15) is 17.7 Å². The first-order valence-corrected chi connectivity index (χ1v) is 15.1. The first kappa shape index (κ1) is 35.3. The van der Waals surface area contributed by atoms with Gasteiger partial charge in [-0.25, -0.2) is 15.0 Å². The summed E-state index contributed by atoms with van der Waals surface area (Å²) < 4.78 is 0.586. The van der Waals surface area contributed by atoms with Crippen LogP contribution in [0.4, 0.5) is 0 Å². The van der Waals surface area contributed by atoms with Gasteiger partial charge in [0.25, 0.3) is 0 Å². The van der Waals surface area contributed by atoms with Gasteiger partial charge >= 0.3 is 29.6 Å². The van der Waals surface area contributed by atoms with Crippen LogP contribution in [0.25, 0.3) is 45.8 Å². The zero-order chi connectivity index (χ0) is 25.9. The van der Waals surface area contributed by atoms with E-state index in [0.717, 1.165) is 28.5 Å². The molecule has 11 nitrogen and oxygen atoms in total. The molecule has 6 aromatic rings. The molecule has 6 heterocycles. The molecule has 0 bridgehead atoms. The fourth-order valence-electron chi connectivity index (χ4n) is 3.13. The van der Waals surface area contributed by atoms with Crippen molar-refractivity contribution in [3.05, 3.63) is 96.3 Å². The monoisotopic (exact) mass is 738 g/mol. The van der Waals surface area contributed by atoms with Crippen molar-refractivity contribution in [3.8, 4) is 45.8 Å². The number of H-pyrrole nitrogens is 2. The van der Waals surface area contributed by atoms with E-state index in [0.29, 0.717) is 22.1 Å². The van der Waals surface area contributed by atoms with Gasteiger partial charge in [-0.05, 0) is 64.5 Å². The Hall–Kier alpha value is -2.72. The molecule has 0 aliphatic carbocycles. The molecular weight excluding hydrogens is 719 g/mol. The fraction of sp³-hybridized carbons (Fsp3) is 0.0400. The quantitative estimate of drug-likeness (QED) is 0.256. The summed E-state index contributed by atoms with van der Waals surface area (Å²) in [6.45, 7) is 0. The Morgan fingerprint density at radius 1 is 0.575 bits per heavy atom. The smallest absolute Gasteiger partial charge is 0.870 e. The molecule has 0 aromatic carbocycles. The van der Waals surface area contributed by atoms with Gasteiger partial charge in [0.15, 0.2) is 10.6 Å². The van der Waals surface area contributed by atoms with E-state index in [1.165, 1.54) is 6.33 Å². The van der Waals surface area contributed by atoms with E-state index in [1.54, 1.807) is 12.4 Å². The molecule has 0 radical (unpaired) electrons. The molecule has 0 amide bonds. The predicted molar refractivity (Wildman–Crippen MR) is 160 cm³/mol. The molecular formula is C25H22Br3N10NaO. The normalized spacial score (nSPS) is 9.28. The van der Waals surface area contributed by atoms with Crippen LogP contribution in [0.2, 0.25) is 0 Å². The molecule has 40 heavy (non-hydrogen) atoms. The second-order valence-electron chi connectivity index (χ2n) is 7.03. The number of pyridine rings is 4. The van der Waals surface area contributed by atoms with Gasteiger partial charge in [-0.3, -0.25) is 20.2 Å². The second kappa shape index (κ2) is 18.6. The van der Waals surface area contributed by atoms with E-state index in [4.69, 9.17) is 0 Å². The number of aromatic nitrogens is 10. The third-order valence-electron chi connectivity index (χ3n) is 4.70. The number of aromatic amines is 2. The van der Waals surface area contributed by atoms with Gasteiger partial charge < -0.3 is 5.48 Å². The first-order chi connectivity index (χ1) is 18.3. The number of hydrogen-bond donors (Lipinski definition) is 2. The van der Waals surface area contributed by atoms with Crippen LogP contribution in [0.3, 0.4) is 0 Å². The van der Waals surface area contributed by atoms with Gasteiger partial charge in [0.05, 0.1) is 22.8 Å². The van der Waals surface area contributed by atoms with Crippen LogP contribution in [0, 0.1) is 0 Å². The molecule has 3 N–H and O–H groups in total. The summed E-state index contributed by atoms with van der Waals surface area (Å²) in [5.41, 5.74) is 4.75. The SMILES string of the molecule is BrBr.Brc1nc(-c2cccc(-c3ccccn3)n2)n[nH]1.C.[Na+].[OH-].c1ccc(-c2cccc(-c3ncn[nH]3)n2)nc1. The average Bonchev–Trinajstić information content (AvgIpc) is 3.68. The van der Waals surface area contributed by atoms with Crippen LogP contribution in [0.15, 0.2) is 96.3 Å². The molecule has 0 saturated carbocycles. The van der Waals surface area contributed by atoms with Crippen molar-refractivity contribution in [1.29, 1.82) is 0 Å². The van der Waals surface area contributed by atoms with Crippen molar-refractivity contribution in [2.75, 3.05) is 0 Å². The largest absolute Gasteiger partial charge is 1.00 e. The molecule has 0 spiro atoms. The number of nitrogens with zero attached hydrogens (tertiary/aromatic N) is 8. The van der Waals surface area contributed by atoms with Crippen LogP contribution >= 0.6 is 44.2 Å². The maximum Gasteiger partial charge on any atom is 1.00 e. The van der Waals surface area contributed by atoms with Crippen LogP contribution in [0.5, 0.6) is 0 Å². The Balaban J connectivity index is 0.000000352. The average molecular weight is 741 g/mol. The fourth-order valence-corrected chi connectivity index (χ4v) is 3.38. The Bertz CT molecular complexity index is 1520. The minimum Gasteiger partial charge on any atom is -0.870 e. The summed E-state index contributed by atoms with van der Waals surface area (Å²) in [5.74, 6) is 1.21. The van der Waals surface area contributed by atoms with Gasteiger partial charge in [-0.2, -0.15) is 15.2 Å². The van der Waals surface area contributed by atoms with Crippen molar-refractivity contribution in [3.63, 3.8) is 0 Å². The van der Waals surface area contributed by atoms with Crippen molar-refractivity contribution >= 4 is 44.2 Å². The summed E-state index contributed by atoms with van der Waals surface area (Å²) in [7, 11) is 0. The molecule has 0 unspecified atom stereocenters. The Morgan fingerprint density at radius 3 is 1.57 bits per heavy atom. The molecule has 6 rings (SSSR count). The molecule has 0 aliphatic heterocycles. The van der Waals surface area contributed by atoms with E-state index in [-0.39, 0.29) is 42.5 Å². The van der Waals surface area contributed by atoms with Crippen molar-refractivity contribution in [2.24, 2.45) is 0 Å². The van der Waals surface area contributed by atoms with Crippen LogP contribution in [-0.2, 0) is 0 Å². The Labute approximate surface area is 276 Å². The van der Waals surface area contributed by atoms with Crippen LogP contribution < -0.4 is 29.6 Å². The van der Waals surface area contributed by atoms with Gasteiger partial charge in [0.2, 0.25) is 5.82 Å². The maximum absolute atomic E-state index is 4.50. The summed E-state index contributed by atoms with van der Waals surface area (Å²) in [5, 5.41) is 13.4. The van der Waals surface area contributed by atoms with Crippen LogP contribution in [0.1, 0.15) is 7.43 Å². The van der Waals surface area contributed by atoms with E-state index >= 15 is 0 Å². The molecule has 6 aromatic heterocycles. The zero-order valence-corrected chi connectivity index (χ0v) is 27.1. The topological polar surface area (TPSA) is 165 Å². The van der Waals surface area contributed by atoms with E-state index < -0.39 is 0 Å².